The van der Waals surface area contributed by atoms with Crippen LogP contribution in [-0.4, -0.2) is 24.4 Å². The number of methoxy groups -OCH3 is 1. The first-order chi connectivity index (χ1) is 7.19. The van der Waals surface area contributed by atoms with E-state index in [2.05, 4.69) is 26.4 Å². The third-order valence-corrected chi connectivity index (χ3v) is 2.23. The molecule has 0 atom stereocenters. The number of hydrogen-bond acceptors (Lipinski definition) is 4. The summed E-state index contributed by atoms with van der Waals surface area (Å²) >= 11 is 3.28. The van der Waals surface area contributed by atoms with Crippen molar-refractivity contribution in [2.24, 2.45) is 5.16 Å². The van der Waals surface area contributed by atoms with Crippen LogP contribution in [0.25, 0.3) is 0 Å². The van der Waals surface area contributed by atoms with Gasteiger partial charge in [0.2, 0.25) is 0 Å². The highest BCUT2D eigenvalue weighted by Gasteiger charge is 2.08. The summed E-state index contributed by atoms with van der Waals surface area (Å²) in [6, 6.07) is 5.21. The second-order valence-electron chi connectivity index (χ2n) is 2.55. The smallest absolute Gasteiger partial charge is 0.270 e. The molecule has 0 bridgehead atoms. The van der Waals surface area contributed by atoms with Gasteiger partial charge < -0.3 is 15.3 Å². The van der Waals surface area contributed by atoms with Gasteiger partial charge in [-0.3, -0.25) is 4.79 Å². The Kier molecular flexibility index (Phi) is 4.11. The van der Waals surface area contributed by atoms with Crippen molar-refractivity contribution < 1.29 is 14.7 Å². The molecule has 80 valence electrons. The minimum Gasteiger partial charge on any atom is -0.493 e. The monoisotopic (exact) mass is 272 g/mol. The molecule has 0 heterocycles. The summed E-state index contributed by atoms with van der Waals surface area (Å²) < 4.78 is 5.81. The van der Waals surface area contributed by atoms with E-state index in [1.165, 1.54) is 7.11 Å². The van der Waals surface area contributed by atoms with Crippen molar-refractivity contribution in [3.8, 4) is 5.75 Å². The molecule has 5 nitrogen and oxygen atoms in total. The van der Waals surface area contributed by atoms with Crippen LogP contribution in [0.1, 0.15) is 0 Å². The Morgan fingerprint density at radius 2 is 2.40 bits per heavy atom. The Bertz CT molecular complexity index is 393. The van der Waals surface area contributed by atoms with Gasteiger partial charge in [0, 0.05) is 0 Å². The molecular formula is C9H9BrN2O3. The number of anilines is 1. The van der Waals surface area contributed by atoms with Crippen LogP contribution in [-0.2, 0) is 4.79 Å². The maximum Gasteiger partial charge on any atom is 0.270 e. The van der Waals surface area contributed by atoms with Crippen molar-refractivity contribution in [3.63, 3.8) is 0 Å². The number of carbonyl (C=O) groups excluding carboxylic acids is 1. The zero-order valence-electron chi connectivity index (χ0n) is 7.90. The lowest BCUT2D eigenvalue weighted by molar-refractivity contribution is -0.110. The van der Waals surface area contributed by atoms with Gasteiger partial charge in [-0.1, -0.05) is 11.2 Å². The Hall–Kier alpha value is -1.56. The fourth-order valence-electron chi connectivity index (χ4n) is 1.03. The number of ether oxygens (including phenoxy) is 1. The van der Waals surface area contributed by atoms with Crippen LogP contribution in [0.4, 0.5) is 5.69 Å². The molecule has 0 aliphatic carbocycles. The molecule has 15 heavy (non-hydrogen) atoms. The van der Waals surface area contributed by atoms with E-state index in [-0.39, 0.29) is 0 Å². The molecule has 1 aromatic rings. The second kappa shape index (κ2) is 5.35. The molecule has 0 fully saturated rings. The Balaban J connectivity index is 2.94. The molecule has 1 aromatic carbocycles. The standard InChI is InChI=1S/C9H9BrN2O3/c1-15-9-6(10)3-2-4-7(9)12-8(13)5-11-14/h2-5,14H,1H3,(H,12,13)/b11-5+. The first-order valence-corrected chi connectivity index (χ1v) is 4.79. The van der Waals surface area contributed by atoms with Gasteiger partial charge in [0.1, 0.15) is 6.21 Å². The van der Waals surface area contributed by atoms with Gasteiger partial charge >= 0.3 is 0 Å². The summed E-state index contributed by atoms with van der Waals surface area (Å²) in [7, 11) is 1.50. The summed E-state index contributed by atoms with van der Waals surface area (Å²) in [6.07, 6.45) is 0.764. The van der Waals surface area contributed by atoms with E-state index in [1.54, 1.807) is 18.2 Å². The summed E-state index contributed by atoms with van der Waals surface area (Å²) in [5, 5.41) is 13.3. The third kappa shape index (κ3) is 2.95. The average Bonchev–Trinajstić information content (AvgIpc) is 2.18. The maximum absolute atomic E-state index is 11.1. The molecule has 2 N–H and O–H groups in total. The summed E-state index contributed by atoms with van der Waals surface area (Å²) in [5.74, 6) is -0.0221. The number of amides is 1. The molecule has 0 radical (unpaired) electrons. The maximum atomic E-state index is 11.1. The highest BCUT2D eigenvalue weighted by atomic mass is 79.9. The molecule has 0 aliphatic heterocycles. The lowest BCUT2D eigenvalue weighted by Gasteiger charge is -2.09. The van der Waals surface area contributed by atoms with Crippen LogP contribution in [0.5, 0.6) is 5.75 Å². The fourth-order valence-corrected chi connectivity index (χ4v) is 1.56. The van der Waals surface area contributed by atoms with E-state index in [9.17, 15) is 4.79 Å². The van der Waals surface area contributed by atoms with Gasteiger partial charge in [0.15, 0.2) is 5.75 Å². The lowest BCUT2D eigenvalue weighted by Crippen LogP contribution is -2.13. The molecular weight excluding hydrogens is 264 g/mol. The SMILES string of the molecule is COc1c(Br)cccc1NC(=O)/C=N/O. The van der Waals surface area contributed by atoms with E-state index in [0.29, 0.717) is 11.4 Å². The highest BCUT2D eigenvalue weighted by molar-refractivity contribution is 9.10. The number of para-hydroxylation sites is 1. The number of halogens is 1. The average molecular weight is 273 g/mol. The van der Waals surface area contributed by atoms with Crippen molar-refractivity contribution in [2.45, 2.75) is 0 Å². The summed E-state index contributed by atoms with van der Waals surface area (Å²) in [4.78, 5) is 11.1. The number of oxime groups is 1. The topological polar surface area (TPSA) is 70.9 Å². The predicted octanol–water partition coefficient (Wildman–Crippen LogP) is 1.86. The van der Waals surface area contributed by atoms with Gasteiger partial charge in [-0.2, -0.15) is 0 Å². The Morgan fingerprint density at radius 3 is 3.00 bits per heavy atom. The number of rotatable bonds is 3. The summed E-state index contributed by atoms with van der Waals surface area (Å²) in [6.45, 7) is 0. The van der Waals surface area contributed by atoms with Gasteiger partial charge in [-0.25, -0.2) is 0 Å². The van der Waals surface area contributed by atoms with E-state index in [4.69, 9.17) is 9.94 Å². The molecule has 1 amide bonds. The largest absolute Gasteiger partial charge is 0.493 e. The lowest BCUT2D eigenvalue weighted by atomic mass is 10.3. The first-order valence-electron chi connectivity index (χ1n) is 4.00. The normalized spacial score (nSPS) is 10.3. The van der Waals surface area contributed by atoms with Gasteiger partial charge in [-0.15, -0.1) is 0 Å². The number of carbonyl (C=O) groups is 1. The molecule has 0 aliphatic rings. The molecule has 1 rings (SSSR count). The number of hydrogen-bond donors (Lipinski definition) is 2. The first kappa shape index (κ1) is 11.5. The van der Waals surface area contributed by atoms with E-state index < -0.39 is 5.91 Å². The molecule has 0 spiro atoms. The van der Waals surface area contributed by atoms with E-state index in [1.807, 2.05) is 0 Å². The van der Waals surface area contributed by atoms with E-state index in [0.717, 1.165) is 10.7 Å². The van der Waals surface area contributed by atoms with Crippen molar-refractivity contribution in [3.05, 3.63) is 22.7 Å². The number of nitrogens with zero attached hydrogens (tertiary/aromatic N) is 1. The van der Waals surface area contributed by atoms with Crippen LogP contribution >= 0.6 is 15.9 Å². The predicted molar refractivity (Wildman–Crippen MR) is 59.6 cm³/mol. The fraction of sp³-hybridized carbons (Fsp3) is 0.111. The quantitative estimate of drug-likeness (QED) is 0.501. The Morgan fingerprint density at radius 1 is 1.67 bits per heavy atom. The second-order valence-corrected chi connectivity index (χ2v) is 3.41. The zero-order chi connectivity index (χ0) is 11.3. The van der Waals surface area contributed by atoms with Gasteiger partial charge in [0.05, 0.1) is 17.3 Å². The van der Waals surface area contributed by atoms with Gasteiger partial charge in [-0.05, 0) is 28.1 Å². The van der Waals surface area contributed by atoms with Crippen LogP contribution < -0.4 is 10.1 Å². The van der Waals surface area contributed by atoms with Crippen LogP contribution in [0.15, 0.2) is 27.8 Å². The molecule has 0 saturated heterocycles. The van der Waals surface area contributed by atoms with Crippen LogP contribution in [0, 0.1) is 0 Å². The minimum absolute atomic E-state index is 0.497. The van der Waals surface area contributed by atoms with Crippen molar-refractivity contribution in [2.75, 3.05) is 12.4 Å². The number of benzene rings is 1. The van der Waals surface area contributed by atoms with Crippen molar-refractivity contribution in [1.29, 1.82) is 0 Å². The van der Waals surface area contributed by atoms with Gasteiger partial charge in [0.25, 0.3) is 5.91 Å². The zero-order valence-corrected chi connectivity index (χ0v) is 9.48. The molecule has 0 saturated carbocycles. The molecule has 0 unspecified atom stereocenters. The molecule has 6 heteroatoms. The third-order valence-electron chi connectivity index (χ3n) is 1.60. The minimum atomic E-state index is -0.533. The van der Waals surface area contributed by atoms with Crippen molar-refractivity contribution >= 4 is 33.7 Å². The van der Waals surface area contributed by atoms with Crippen LogP contribution in [0.2, 0.25) is 0 Å². The van der Waals surface area contributed by atoms with Crippen LogP contribution in [0.3, 0.4) is 0 Å². The number of nitrogens with one attached hydrogen (secondary N) is 1. The summed E-state index contributed by atoms with van der Waals surface area (Å²) in [5.41, 5.74) is 0.497. The van der Waals surface area contributed by atoms with Crippen molar-refractivity contribution in [1.82, 2.24) is 0 Å². The highest BCUT2D eigenvalue weighted by Crippen LogP contribution is 2.32. The van der Waals surface area contributed by atoms with E-state index >= 15 is 0 Å². The molecule has 0 aromatic heterocycles. The Labute approximate surface area is 94.9 Å².